The minimum atomic E-state index is -1.01. The van der Waals surface area contributed by atoms with Crippen LogP contribution in [0.2, 0.25) is 0 Å². The van der Waals surface area contributed by atoms with E-state index < -0.39 is 11.6 Å². The predicted octanol–water partition coefficient (Wildman–Crippen LogP) is 2.33. The average molecular weight is 300 g/mol. The molecule has 106 valence electrons. The number of alkyl halides is 1. The Bertz CT molecular complexity index is 682. The third-order valence-corrected chi connectivity index (χ3v) is 3.48. The number of imidazole rings is 1. The van der Waals surface area contributed by atoms with E-state index >= 15 is 0 Å². The molecule has 1 saturated carbocycles. The maximum atomic E-state index is 13.9. The van der Waals surface area contributed by atoms with Crippen LogP contribution in [-0.4, -0.2) is 21.5 Å². The molecule has 4 nitrogen and oxygen atoms in total. The predicted molar refractivity (Wildman–Crippen MR) is 70.4 cm³/mol. The number of nitrogens with zero attached hydrogens (tertiary/aromatic N) is 2. The molecule has 0 atom stereocenters. The van der Waals surface area contributed by atoms with E-state index in [-0.39, 0.29) is 29.9 Å². The molecule has 2 aromatic rings. The zero-order valence-corrected chi connectivity index (χ0v) is 11.3. The van der Waals surface area contributed by atoms with Gasteiger partial charge in [-0.25, -0.2) is 13.8 Å². The van der Waals surface area contributed by atoms with Crippen molar-refractivity contribution < 1.29 is 13.6 Å². The van der Waals surface area contributed by atoms with Gasteiger partial charge in [0.2, 0.25) is 5.91 Å². The molecule has 0 radical (unpaired) electrons. The number of hydrogen-bond donors (Lipinski definition) is 1. The summed E-state index contributed by atoms with van der Waals surface area (Å²) in [5.41, 5.74) is 0.269. The molecule has 1 aliphatic rings. The number of carbonyl (C=O) groups is 1. The molecule has 1 amide bonds. The van der Waals surface area contributed by atoms with Gasteiger partial charge in [-0.2, -0.15) is 0 Å². The summed E-state index contributed by atoms with van der Waals surface area (Å²) in [4.78, 5) is 16.0. The summed E-state index contributed by atoms with van der Waals surface area (Å²) in [6.45, 7) is -0.116. The summed E-state index contributed by atoms with van der Waals surface area (Å²) in [6.07, 6.45) is 1.92. The standard InChI is InChI=1S/C13H12ClF2N3O/c14-5-10-18-9-4-3-8(15)12(16)13(9)19(10)6-11(20)17-7-1-2-7/h3-4,7H,1-2,5-6H2,(H,17,20). The summed E-state index contributed by atoms with van der Waals surface area (Å²) in [7, 11) is 0. The third-order valence-electron chi connectivity index (χ3n) is 3.24. The number of carbonyl (C=O) groups excluding carboxylic acids is 1. The first-order valence-corrected chi connectivity index (χ1v) is 6.82. The van der Waals surface area contributed by atoms with Gasteiger partial charge in [-0.3, -0.25) is 4.79 Å². The zero-order valence-electron chi connectivity index (χ0n) is 10.5. The molecule has 3 rings (SSSR count). The number of rotatable bonds is 4. The topological polar surface area (TPSA) is 46.9 Å². The molecule has 1 aromatic heterocycles. The first-order valence-electron chi connectivity index (χ1n) is 6.28. The Balaban J connectivity index is 2.01. The van der Waals surface area contributed by atoms with E-state index in [0.717, 1.165) is 18.9 Å². The van der Waals surface area contributed by atoms with Crippen molar-refractivity contribution >= 4 is 28.5 Å². The van der Waals surface area contributed by atoms with Crippen LogP contribution in [0, 0.1) is 11.6 Å². The Morgan fingerprint density at radius 3 is 2.85 bits per heavy atom. The second-order valence-corrected chi connectivity index (χ2v) is 5.09. The van der Waals surface area contributed by atoms with Gasteiger partial charge in [0.25, 0.3) is 0 Å². The molecule has 0 bridgehead atoms. The summed E-state index contributed by atoms with van der Waals surface area (Å²) in [5, 5.41) is 2.80. The van der Waals surface area contributed by atoms with Gasteiger partial charge in [-0.15, -0.1) is 11.6 Å². The highest BCUT2D eigenvalue weighted by Crippen LogP contribution is 2.23. The Morgan fingerprint density at radius 1 is 1.45 bits per heavy atom. The lowest BCUT2D eigenvalue weighted by Gasteiger charge is -2.08. The van der Waals surface area contributed by atoms with Gasteiger partial charge in [-0.05, 0) is 25.0 Å². The fourth-order valence-corrected chi connectivity index (χ4v) is 2.33. The van der Waals surface area contributed by atoms with E-state index in [1.54, 1.807) is 0 Å². The molecule has 1 heterocycles. The number of hydrogen-bond acceptors (Lipinski definition) is 2. The minimum absolute atomic E-state index is 0.0203. The molecule has 0 saturated heterocycles. The van der Waals surface area contributed by atoms with E-state index in [2.05, 4.69) is 10.3 Å². The highest BCUT2D eigenvalue weighted by atomic mass is 35.5. The van der Waals surface area contributed by atoms with Crippen molar-refractivity contribution in [1.82, 2.24) is 14.9 Å². The highest BCUT2D eigenvalue weighted by molar-refractivity contribution is 6.16. The van der Waals surface area contributed by atoms with Crippen LogP contribution in [0.3, 0.4) is 0 Å². The number of amides is 1. The molecule has 0 aliphatic heterocycles. The van der Waals surface area contributed by atoms with Crippen molar-refractivity contribution in [1.29, 1.82) is 0 Å². The molecular formula is C13H12ClF2N3O. The van der Waals surface area contributed by atoms with Crippen LogP contribution in [0.1, 0.15) is 18.7 Å². The number of nitrogens with one attached hydrogen (secondary N) is 1. The Hall–Kier alpha value is -1.69. The second-order valence-electron chi connectivity index (χ2n) is 4.82. The van der Waals surface area contributed by atoms with E-state index in [1.807, 2.05) is 0 Å². The van der Waals surface area contributed by atoms with E-state index in [1.165, 1.54) is 10.6 Å². The van der Waals surface area contributed by atoms with E-state index in [4.69, 9.17) is 11.6 Å². The van der Waals surface area contributed by atoms with Crippen LogP contribution in [0.15, 0.2) is 12.1 Å². The minimum Gasteiger partial charge on any atom is -0.352 e. The van der Waals surface area contributed by atoms with Gasteiger partial charge in [0.1, 0.15) is 17.9 Å². The lowest BCUT2D eigenvalue weighted by molar-refractivity contribution is -0.121. The average Bonchev–Trinajstić information content (AvgIpc) is 3.15. The van der Waals surface area contributed by atoms with E-state index in [0.29, 0.717) is 11.3 Å². The van der Waals surface area contributed by atoms with Crippen molar-refractivity contribution in [3.05, 3.63) is 29.6 Å². The van der Waals surface area contributed by atoms with Gasteiger partial charge >= 0.3 is 0 Å². The largest absolute Gasteiger partial charge is 0.352 e. The van der Waals surface area contributed by atoms with Gasteiger partial charge in [0.05, 0.1) is 11.4 Å². The van der Waals surface area contributed by atoms with Crippen LogP contribution in [0.4, 0.5) is 8.78 Å². The number of aromatic nitrogens is 2. The van der Waals surface area contributed by atoms with Gasteiger partial charge in [0.15, 0.2) is 11.6 Å². The molecule has 1 N–H and O–H groups in total. The third kappa shape index (κ3) is 2.35. The van der Waals surface area contributed by atoms with Crippen molar-refractivity contribution in [3.8, 4) is 0 Å². The summed E-state index contributed by atoms with van der Waals surface area (Å²) in [5.74, 6) is -1.86. The molecule has 7 heteroatoms. The summed E-state index contributed by atoms with van der Waals surface area (Å²) >= 11 is 5.77. The maximum Gasteiger partial charge on any atom is 0.240 e. The molecule has 0 unspecified atom stereocenters. The molecule has 20 heavy (non-hydrogen) atoms. The van der Waals surface area contributed by atoms with Gasteiger partial charge in [0, 0.05) is 6.04 Å². The first kappa shape index (κ1) is 13.3. The SMILES string of the molecule is O=C(Cn1c(CCl)nc2ccc(F)c(F)c21)NC1CC1. The van der Waals surface area contributed by atoms with Crippen molar-refractivity contribution in [3.63, 3.8) is 0 Å². The Labute approximate surface area is 118 Å². The van der Waals surface area contributed by atoms with Crippen molar-refractivity contribution in [2.75, 3.05) is 0 Å². The monoisotopic (exact) mass is 299 g/mol. The van der Waals surface area contributed by atoms with Crippen LogP contribution in [0.5, 0.6) is 0 Å². The first-order chi connectivity index (χ1) is 9.60. The second kappa shape index (κ2) is 5.01. The summed E-state index contributed by atoms with van der Waals surface area (Å²) < 4.78 is 28.6. The molecule has 1 aliphatic carbocycles. The van der Waals surface area contributed by atoms with Gasteiger partial charge < -0.3 is 9.88 Å². The van der Waals surface area contributed by atoms with Crippen LogP contribution >= 0.6 is 11.6 Å². The van der Waals surface area contributed by atoms with Crippen molar-refractivity contribution in [2.24, 2.45) is 0 Å². The van der Waals surface area contributed by atoms with E-state index in [9.17, 15) is 13.6 Å². The summed E-state index contributed by atoms with van der Waals surface area (Å²) in [6, 6.07) is 2.59. The number of benzene rings is 1. The fourth-order valence-electron chi connectivity index (χ4n) is 2.12. The maximum absolute atomic E-state index is 13.9. The molecular weight excluding hydrogens is 288 g/mol. The van der Waals surface area contributed by atoms with Crippen molar-refractivity contribution in [2.45, 2.75) is 31.3 Å². The Morgan fingerprint density at radius 2 is 2.20 bits per heavy atom. The van der Waals surface area contributed by atoms with Crippen LogP contribution < -0.4 is 5.32 Å². The fraction of sp³-hybridized carbons (Fsp3) is 0.385. The van der Waals surface area contributed by atoms with Gasteiger partial charge in [-0.1, -0.05) is 0 Å². The lowest BCUT2D eigenvalue weighted by atomic mass is 10.3. The number of fused-ring (bicyclic) bond motifs is 1. The smallest absolute Gasteiger partial charge is 0.240 e. The highest BCUT2D eigenvalue weighted by Gasteiger charge is 2.25. The lowest BCUT2D eigenvalue weighted by Crippen LogP contribution is -2.29. The molecule has 0 spiro atoms. The quantitative estimate of drug-likeness (QED) is 0.881. The number of halogens is 3. The molecule has 1 fully saturated rings. The van der Waals surface area contributed by atoms with Crippen LogP contribution in [0.25, 0.3) is 11.0 Å². The Kier molecular flexibility index (Phi) is 3.33. The van der Waals surface area contributed by atoms with Crippen LogP contribution in [-0.2, 0) is 17.2 Å². The zero-order chi connectivity index (χ0) is 14.3. The molecule has 1 aromatic carbocycles. The normalized spacial score (nSPS) is 14.8.